The molecule has 0 aromatic heterocycles. The van der Waals surface area contributed by atoms with E-state index in [0.29, 0.717) is 18.6 Å². The van der Waals surface area contributed by atoms with Gasteiger partial charge in [-0.25, -0.2) is 13.2 Å². The second-order valence-corrected chi connectivity index (χ2v) is 11.4. The number of hydrogen-bond donors (Lipinski definition) is 3. The molecule has 0 unspecified atom stereocenters. The molecule has 0 radical (unpaired) electrons. The lowest BCUT2D eigenvalue weighted by Gasteiger charge is -2.30. The molecule has 0 bridgehead atoms. The van der Waals surface area contributed by atoms with Crippen molar-refractivity contribution < 1.29 is 33.0 Å². The lowest BCUT2D eigenvalue weighted by Crippen LogP contribution is -2.50. The molecule has 0 heterocycles. The van der Waals surface area contributed by atoms with Crippen molar-refractivity contribution in [1.82, 2.24) is 9.79 Å². The first kappa shape index (κ1) is 28.6. The molecule has 0 aliphatic heterocycles. The summed E-state index contributed by atoms with van der Waals surface area (Å²) in [6, 6.07) is 23.8. The number of hydrogen-bond acceptors (Lipinski definition) is 6. The van der Waals surface area contributed by atoms with Crippen molar-refractivity contribution in [2.75, 3.05) is 6.54 Å². The summed E-state index contributed by atoms with van der Waals surface area (Å²) in [6.07, 6.45) is 0.395. The van der Waals surface area contributed by atoms with Gasteiger partial charge in [-0.15, -0.1) is 0 Å². The second kappa shape index (κ2) is 13.6. The molecule has 3 aromatic carbocycles. The van der Waals surface area contributed by atoms with Crippen LogP contribution in [0.4, 0.5) is 4.79 Å². The molecule has 1 amide bonds. The van der Waals surface area contributed by atoms with Gasteiger partial charge in [0.2, 0.25) is 0 Å². The first-order valence-corrected chi connectivity index (χ1v) is 14.4. The third-order valence-electron chi connectivity index (χ3n) is 6.60. The maximum absolute atomic E-state index is 13.8. The zero-order chi connectivity index (χ0) is 27.7. The van der Waals surface area contributed by atoms with Gasteiger partial charge in [-0.05, 0) is 42.5 Å². The summed E-state index contributed by atoms with van der Waals surface area (Å²) in [4.78, 5) is 17.4. The highest BCUT2D eigenvalue weighted by Crippen LogP contribution is 2.27. The number of hydroxylamine groups is 1. The van der Waals surface area contributed by atoms with E-state index in [2.05, 4.69) is 5.32 Å². The molecule has 2 atom stereocenters. The van der Waals surface area contributed by atoms with E-state index in [1.807, 2.05) is 60.7 Å². The van der Waals surface area contributed by atoms with Gasteiger partial charge in [0.25, 0.3) is 10.0 Å². The summed E-state index contributed by atoms with van der Waals surface area (Å²) >= 11 is 0. The number of sulfonamides is 1. The Bertz CT molecular complexity index is 1300. The Morgan fingerprint density at radius 1 is 0.949 bits per heavy atom. The molecule has 10 heteroatoms. The predicted molar refractivity (Wildman–Crippen MR) is 146 cm³/mol. The highest BCUT2D eigenvalue weighted by atomic mass is 32.2. The average Bonchev–Trinajstić information content (AvgIpc) is 3.45. The van der Waals surface area contributed by atoms with Gasteiger partial charge in [0, 0.05) is 6.07 Å². The van der Waals surface area contributed by atoms with Crippen molar-refractivity contribution in [3.05, 3.63) is 96.1 Å². The number of ether oxygens (including phenoxy) is 1. The fourth-order valence-electron chi connectivity index (χ4n) is 4.53. The molecular weight excluding hydrogens is 520 g/mol. The van der Waals surface area contributed by atoms with Crippen molar-refractivity contribution in [1.29, 1.82) is 0 Å². The van der Waals surface area contributed by atoms with E-state index in [-0.39, 0.29) is 24.0 Å². The van der Waals surface area contributed by atoms with Gasteiger partial charge in [0.15, 0.2) is 0 Å². The standard InChI is InChI=1S/C29H34N2O7S/c32-28(27(30-29(33)34)18-22-10-3-1-4-11-22)20-31(38-24-14-7-8-15-24)39(35,36)26-17-9-16-25(19-26)37-21-23-12-5-2-6-13-23/h1-6,9-13,16-17,19,24,27-28,30,32H,7-8,14-15,18,20-21H2,(H,33,34)/t27-,28+/m0/s1. The number of carbonyl (C=O) groups is 1. The first-order chi connectivity index (χ1) is 18.8. The highest BCUT2D eigenvalue weighted by Gasteiger charge is 2.34. The van der Waals surface area contributed by atoms with Crippen LogP contribution in [-0.2, 0) is 27.9 Å². The van der Waals surface area contributed by atoms with Gasteiger partial charge in [0.05, 0.1) is 29.7 Å². The Hall–Kier alpha value is -3.44. The molecule has 1 fully saturated rings. The van der Waals surface area contributed by atoms with Gasteiger partial charge < -0.3 is 20.3 Å². The molecule has 39 heavy (non-hydrogen) atoms. The Morgan fingerprint density at radius 3 is 2.23 bits per heavy atom. The Morgan fingerprint density at radius 2 is 1.59 bits per heavy atom. The van der Waals surface area contributed by atoms with Gasteiger partial charge in [0.1, 0.15) is 12.4 Å². The van der Waals surface area contributed by atoms with E-state index in [9.17, 15) is 23.4 Å². The van der Waals surface area contributed by atoms with Gasteiger partial charge in [-0.2, -0.15) is 0 Å². The third kappa shape index (κ3) is 8.27. The first-order valence-electron chi connectivity index (χ1n) is 13.0. The molecule has 1 aliphatic carbocycles. The minimum absolute atomic E-state index is 0.0518. The normalized spacial score (nSPS) is 15.6. The topological polar surface area (TPSA) is 125 Å². The fourth-order valence-corrected chi connectivity index (χ4v) is 5.87. The number of aliphatic hydroxyl groups excluding tert-OH is 1. The monoisotopic (exact) mass is 554 g/mol. The minimum atomic E-state index is -4.23. The van der Waals surface area contributed by atoms with Gasteiger partial charge >= 0.3 is 6.09 Å². The van der Waals surface area contributed by atoms with Crippen LogP contribution in [0.2, 0.25) is 0 Å². The fraction of sp³-hybridized carbons (Fsp3) is 0.345. The minimum Gasteiger partial charge on any atom is -0.489 e. The zero-order valence-corrected chi connectivity index (χ0v) is 22.4. The number of amides is 1. The van der Waals surface area contributed by atoms with E-state index in [4.69, 9.17) is 9.57 Å². The lowest BCUT2D eigenvalue weighted by molar-refractivity contribution is -0.145. The molecular formula is C29H34N2O7S. The average molecular weight is 555 g/mol. The number of nitrogens with one attached hydrogen (secondary N) is 1. The Labute approximate surface area is 229 Å². The molecule has 208 valence electrons. The van der Waals surface area contributed by atoms with Crippen molar-refractivity contribution in [3.8, 4) is 5.75 Å². The molecule has 3 N–H and O–H groups in total. The smallest absolute Gasteiger partial charge is 0.404 e. The van der Waals surface area contributed by atoms with E-state index in [0.717, 1.165) is 28.4 Å². The summed E-state index contributed by atoms with van der Waals surface area (Å²) in [5, 5.41) is 22.8. The summed E-state index contributed by atoms with van der Waals surface area (Å²) < 4.78 is 34.2. The number of benzene rings is 3. The van der Waals surface area contributed by atoms with Crippen LogP contribution in [0.25, 0.3) is 0 Å². The third-order valence-corrected chi connectivity index (χ3v) is 8.22. The van der Waals surface area contributed by atoms with E-state index >= 15 is 0 Å². The zero-order valence-electron chi connectivity index (χ0n) is 21.6. The quantitative estimate of drug-likeness (QED) is 0.268. The number of carboxylic acid groups (broad SMARTS) is 1. The maximum atomic E-state index is 13.8. The molecule has 0 spiro atoms. The van der Waals surface area contributed by atoms with Crippen LogP contribution in [0.15, 0.2) is 89.8 Å². The number of aliphatic hydroxyl groups is 1. The van der Waals surface area contributed by atoms with Crippen molar-refractivity contribution in [2.45, 2.75) is 61.9 Å². The van der Waals surface area contributed by atoms with Crippen LogP contribution in [0, 0.1) is 0 Å². The lowest BCUT2D eigenvalue weighted by atomic mass is 10.0. The summed E-state index contributed by atoms with van der Waals surface area (Å²) in [5.74, 6) is 0.371. The summed E-state index contributed by atoms with van der Waals surface area (Å²) in [5.41, 5.74) is 1.74. The summed E-state index contributed by atoms with van der Waals surface area (Å²) in [7, 11) is -4.23. The maximum Gasteiger partial charge on any atom is 0.404 e. The van der Waals surface area contributed by atoms with Crippen molar-refractivity contribution in [3.63, 3.8) is 0 Å². The number of nitrogens with zero attached hydrogens (tertiary/aromatic N) is 1. The van der Waals surface area contributed by atoms with E-state index in [1.165, 1.54) is 12.1 Å². The van der Waals surface area contributed by atoms with Crippen molar-refractivity contribution >= 4 is 16.1 Å². The molecule has 4 rings (SSSR count). The van der Waals surface area contributed by atoms with Crippen molar-refractivity contribution in [2.24, 2.45) is 0 Å². The second-order valence-electron chi connectivity index (χ2n) is 9.56. The van der Waals surface area contributed by atoms with Crippen LogP contribution in [0.1, 0.15) is 36.8 Å². The van der Waals surface area contributed by atoms with Crippen LogP contribution in [-0.4, -0.2) is 54.0 Å². The van der Waals surface area contributed by atoms with Crippen LogP contribution in [0.5, 0.6) is 5.75 Å². The van der Waals surface area contributed by atoms with Crippen LogP contribution in [0.3, 0.4) is 0 Å². The predicted octanol–water partition coefficient (Wildman–Crippen LogP) is 4.37. The van der Waals surface area contributed by atoms with Gasteiger partial charge in [-0.3, -0.25) is 4.84 Å². The molecule has 0 saturated heterocycles. The molecule has 1 saturated carbocycles. The molecule has 1 aliphatic rings. The Kier molecular flexibility index (Phi) is 9.94. The van der Waals surface area contributed by atoms with E-state index < -0.39 is 34.8 Å². The Balaban J connectivity index is 1.55. The molecule has 3 aromatic rings. The van der Waals surface area contributed by atoms with E-state index in [1.54, 1.807) is 12.1 Å². The van der Waals surface area contributed by atoms with Gasteiger partial charge in [-0.1, -0.05) is 84.0 Å². The van der Waals surface area contributed by atoms with Crippen LogP contribution < -0.4 is 10.1 Å². The highest BCUT2D eigenvalue weighted by molar-refractivity contribution is 7.89. The summed E-state index contributed by atoms with van der Waals surface area (Å²) in [6.45, 7) is -0.181. The van der Waals surface area contributed by atoms with Crippen LogP contribution >= 0.6 is 0 Å². The molecule has 9 nitrogen and oxygen atoms in total. The number of rotatable bonds is 13. The largest absolute Gasteiger partial charge is 0.489 e. The SMILES string of the molecule is O=C(O)N[C@@H](Cc1ccccc1)[C@H](O)CN(OC1CCCC1)S(=O)(=O)c1cccc(OCc2ccccc2)c1.